The first-order chi connectivity index (χ1) is 5.74. The van der Waals surface area contributed by atoms with E-state index in [2.05, 4.69) is 45.7 Å². The second-order valence-corrected chi connectivity index (χ2v) is 4.74. The van der Waals surface area contributed by atoms with Gasteiger partial charge in [0.15, 0.2) is 0 Å². The normalized spacial score (nSPS) is 12.0. The monoisotopic (exact) mass is 298 g/mol. The van der Waals surface area contributed by atoms with Gasteiger partial charge in [-0.15, -0.1) is 0 Å². The summed E-state index contributed by atoms with van der Waals surface area (Å²) < 4.78 is 0. The number of unbranched alkanes of at least 4 members (excludes halogenated alkanes) is 1. The van der Waals surface area contributed by atoms with Gasteiger partial charge in [-0.3, -0.25) is 0 Å². The van der Waals surface area contributed by atoms with Gasteiger partial charge in [0, 0.05) is 10.7 Å². The second-order valence-electron chi connectivity index (χ2n) is 3.62. The van der Waals surface area contributed by atoms with Gasteiger partial charge in [-0.05, 0) is 18.3 Å². The summed E-state index contributed by atoms with van der Waals surface area (Å²) in [5.74, 6) is 0. The van der Waals surface area contributed by atoms with Crippen LogP contribution in [0.15, 0.2) is 0 Å². The lowest BCUT2D eigenvalue weighted by Gasteiger charge is -2.29. The fraction of sp³-hybridized carbons (Fsp3) is 1.00. The molecule has 0 spiro atoms. The van der Waals surface area contributed by atoms with Crippen molar-refractivity contribution in [2.24, 2.45) is 5.41 Å². The van der Waals surface area contributed by atoms with E-state index < -0.39 is 0 Å². The molecule has 2 heteroatoms. The molecule has 0 rings (SSSR count). The number of hydrogen-bond donors (Lipinski definition) is 0. The highest BCUT2D eigenvalue weighted by Gasteiger charge is 2.25. The van der Waals surface area contributed by atoms with Crippen LogP contribution in [0.1, 0.15) is 46.0 Å². The Morgan fingerprint density at radius 2 is 1.50 bits per heavy atom. The lowest BCUT2D eigenvalue weighted by Crippen LogP contribution is -2.24. The molecule has 0 aliphatic rings. The van der Waals surface area contributed by atoms with E-state index >= 15 is 0 Å². The second kappa shape index (κ2) is 7.37. The Morgan fingerprint density at radius 1 is 0.917 bits per heavy atom. The van der Waals surface area contributed by atoms with Crippen LogP contribution in [-0.4, -0.2) is 10.7 Å². The standard InChI is InChI=1S/C10H20Br2/c1-3-5-7-10(8-11,9-12)6-4-2/h3-9H2,1-2H3. The molecule has 0 bridgehead atoms. The topological polar surface area (TPSA) is 0 Å². The van der Waals surface area contributed by atoms with Crippen LogP contribution in [0, 0.1) is 5.41 Å². The van der Waals surface area contributed by atoms with Crippen molar-refractivity contribution < 1.29 is 0 Å². The minimum absolute atomic E-state index is 0.519. The molecule has 0 saturated carbocycles. The van der Waals surface area contributed by atoms with Gasteiger partial charge in [0.1, 0.15) is 0 Å². The zero-order valence-corrected chi connectivity index (χ0v) is 11.4. The van der Waals surface area contributed by atoms with E-state index in [9.17, 15) is 0 Å². The molecule has 74 valence electrons. The van der Waals surface area contributed by atoms with Gasteiger partial charge in [-0.1, -0.05) is 65.0 Å². The molecule has 0 aliphatic heterocycles. The Balaban J connectivity index is 3.95. The third-order valence-electron chi connectivity index (χ3n) is 2.41. The van der Waals surface area contributed by atoms with Crippen LogP contribution in [-0.2, 0) is 0 Å². The summed E-state index contributed by atoms with van der Waals surface area (Å²) >= 11 is 7.27. The molecule has 0 saturated heterocycles. The van der Waals surface area contributed by atoms with Crippen molar-refractivity contribution in [2.75, 3.05) is 10.7 Å². The number of hydrogen-bond acceptors (Lipinski definition) is 0. The maximum atomic E-state index is 3.63. The molecule has 0 N–H and O–H groups in total. The van der Waals surface area contributed by atoms with Crippen LogP contribution in [0.25, 0.3) is 0 Å². The quantitative estimate of drug-likeness (QED) is 0.595. The number of rotatable bonds is 7. The van der Waals surface area contributed by atoms with Crippen molar-refractivity contribution in [3.8, 4) is 0 Å². The third kappa shape index (κ3) is 4.27. The Labute approximate surface area is 93.8 Å². The molecule has 12 heavy (non-hydrogen) atoms. The highest BCUT2D eigenvalue weighted by atomic mass is 79.9. The Kier molecular flexibility index (Phi) is 7.96. The molecule has 0 aliphatic carbocycles. The lowest BCUT2D eigenvalue weighted by molar-refractivity contribution is 0.315. The van der Waals surface area contributed by atoms with Crippen molar-refractivity contribution in [2.45, 2.75) is 46.0 Å². The van der Waals surface area contributed by atoms with E-state index in [0.717, 1.165) is 10.7 Å². The van der Waals surface area contributed by atoms with E-state index in [1.54, 1.807) is 0 Å². The molecule has 0 nitrogen and oxygen atoms in total. The summed E-state index contributed by atoms with van der Waals surface area (Å²) in [7, 11) is 0. The Morgan fingerprint density at radius 3 is 1.83 bits per heavy atom. The summed E-state index contributed by atoms with van der Waals surface area (Å²) in [5.41, 5.74) is 0.519. The zero-order valence-electron chi connectivity index (χ0n) is 8.21. The minimum Gasteiger partial charge on any atom is -0.0922 e. The number of alkyl halides is 2. The average molecular weight is 300 g/mol. The molecule has 0 atom stereocenters. The molecular weight excluding hydrogens is 280 g/mol. The first-order valence-electron chi connectivity index (χ1n) is 4.86. The van der Waals surface area contributed by atoms with Gasteiger partial charge in [0.25, 0.3) is 0 Å². The maximum Gasteiger partial charge on any atom is 0.00959 e. The predicted octanol–water partition coefficient (Wildman–Crippen LogP) is 4.75. The van der Waals surface area contributed by atoms with Crippen LogP contribution >= 0.6 is 31.9 Å². The van der Waals surface area contributed by atoms with Gasteiger partial charge >= 0.3 is 0 Å². The van der Waals surface area contributed by atoms with Gasteiger partial charge in [-0.25, -0.2) is 0 Å². The average Bonchev–Trinajstić information content (AvgIpc) is 2.13. The van der Waals surface area contributed by atoms with E-state index in [1.165, 1.54) is 32.1 Å². The summed E-state index contributed by atoms with van der Waals surface area (Å²) in [4.78, 5) is 0. The molecule has 0 unspecified atom stereocenters. The van der Waals surface area contributed by atoms with E-state index in [4.69, 9.17) is 0 Å². The predicted molar refractivity (Wildman–Crippen MR) is 64.5 cm³/mol. The Hall–Kier alpha value is 0.960. The fourth-order valence-corrected chi connectivity index (χ4v) is 3.56. The molecule has 0 heterocycles. The number of halogens is 2. The van der Waals surface area contributed by atoms with Crippen LogP contribution in [0.5, 0.6) is 0 Å². The summed E-state index contributed by atoms with van der Waals surface area (Å²) in [6.45, 7) is 4.53. The molecule has 0 aromatic heterocycles. The maximum absolute atomic E-state index is 3.63. The lowest BCUT2D eigenvalue weighted by atomic mass is 9.83. The highest BCUT2D eigenvalue weighted by Crippen LogP contribution is 2.34. The Bertz CT molecular complexity index is 98.0. The van der Waals surface area contributed by atoms with Crippen LogP contribution in [0.3, 0.4) is 0 Å². The molecule has 0 fully saturated rings. The van der Waals surface area contributed by atoms with E-state index in [1.807, 2.05) is 0 Å². The summed E-state index contributed by atoms with van der Waals surface area (Å²) in [6, 6.07) is 0. The summed E-state index contributed by atoms with van der Waals surface area (Å²) in [6.07, 6.45) is 6.65. The molecule has 0 radical (unpaired) electrons. The van der Waals surface area contributed by atoms with Gasteiger partial charge in [0.2, 0.25) is 0 Å². The van der Waals surface area contributed by atoms with Crippen LogP contribution in [0.2, 0.25) is 0 Å². The third-order valence-corrected chi connectivity index (χ3v) is 4.79. The highest BCUT2D eigenvalue weighted by molar-refractivity contribution is 9.09. The fourth-order valence-electron chi connectivity index (χ4n) is 1.51. The minimum atomic E-state index is 0.519. The molecular formula is C10H20Br2. The van der Waals surface area contributed by atoms with Crippen molar-refractivity contribution in [3.63, 3.8) is 0 Å². The zero-order chi connectivity index (χ0) is 9.45. The SMILES string of the molecule is CCCCC(CBr)(CBr)CCC. The van der Waals surface area contributed by atoms with Crippen LogP contribution < -0.4 is 0 Å². The molecule has 0 aromatic carbocycles. The van der Waals surface area contributed by atoms with Crippen LogP contribution in [0.4, 0.5) is 0 Å². The first-order valence-corrected chi connectivity index (χ1v) is 7.11. The van der Waals surface area contributed by atoms with Gasteiger partial charge < -0.3 is 0 Å². The molecule has 0 amide bonds. The van der Waals surface area contributed by atoms with Gasteiger partial charge in [0.05, 0.1) is 0 Å². The first kappa shape index (κ1) is 13.0. The van der Waals surface area contributed by atoms with Crippen molar-refractivity contribution in [1.82, 2.24) is 0 Å². The summed E-state index contributed by atoms with van der Waals surface area (Å²) in [5, 5.41) is 2.28. The van der Waals surface area contributed by atoms with E-state index in [0.29, 0.717) is 5.41 Å². The van der Waals surface area contributed by atoms with Crippen molar-refractivity contribution >= 4 is 31.9 Å². The van der Waals surface area contributed by atoms with E-state index in [-0.39, 0.29) is 0 Å². The smallest absolute Gasteiger partial charge is 0.00959 e. The van der Waals surface area contributed by atoms with Crippen molar-refractivity contribution in [3.05, 3.63) is 0 Å². The van der Waals surface area contributed by atoms with Gasteiger partial charge in [-0.2, -0.15) is 0 Å². The van der Waals surface area contributed by atoms with Crippen molar-refractivity contribution in [1.29, 1.82) is 0 Å². The largest absolute Gasteiger partial charge is 0.0922 e. The molecule has 0 aromatic rings.